The Morgan fingerprint density at radius 1 is 0.410 bits per heavy atom. The first-order valence-electron chi connectivity index (χ1n) is 21.6. The van der Waals surface area contributed by atoms with Crippen LogP contribution >= 0.6 is 0 Å². The van der Waals surface area contributed by atoms with Gasteiger partial charge in [-0.25, -0.2) is 0 Å². The van der Waals surface area contributed by atoms with E-state index in [0.29, 0.717) is 0 Å². The molecule has 0 saturated heterocycles. The lowest BCUT2D eigenvalue weighted by Crippen LogP contribution is -2.09. The number of hydrogen-bond acceptors (Lipinski definition) is 0. The van der Waals surface area contributed by atoms with Crippen LogP contribution in [0.15, 0.2) is 189 Å². The molecule has 0 aliphatic heterocycles. The molecule has 0 nitrogen and oxygen atoms in total. The van der Waals surface area contributed by atoms with Gasteiger partial charge in [0.05, 0.1) is 0 Å². The van der Waals surface area contributed by atoms with Crippen LogP contribution in [0.2, 0.25) is 0 Å². The van der Waals surface area contributed by atoms with E-state index in [1.54, 1.807) is 0 Å². The van der Waals surface area contributed by atoms with E-state index in [-0.39, 0.29) is 5.92 Å². The average Bonchev–Trinajstić information content (AvgIpc) is 3.76. The van der Waals surface area contributed by atoms with Gasteiger partial charge in [-0.3, -0.25) is 0 Å². The van der Waals surface area contributed by atoms with Gasteiger partial charge in [-0.15, -0.1) is 0 Å². The van der Waals surface area contributed by atoms with Gasteiger partial charge in [0.25, 0.3) is 0 Å². The number of benzene rings is 9. The number of hydrogen-bond donors (Lipinski definition) is 0. The van der Waals surface area contributed by atoms with E-state index in [0.717, 1.165) is 11.1 Å². The molecule has 1 unspecified atom stereocenters. The standard InChI is InChI=1S/C59H36.C2H6/c1-3-37-38(4-2)53(41-23-14-13-21-39(41)34-16-7-5-8-17-34)59-48-25-15-24-42-44-28-29-45-43-27-26-35-18-11-12-22-40(35)52(43)49-32-30-47(55(44)56(45)49)46-31-33-50(57(48)54(42)46)58(59)51(37)36-19-9-6-10-20-36;1-2/h3-33,42H,1-2H2;1-2H3. The topological polar surface area (TPSA) is 0 Å². The highest BCUT2D eigenvalue weighted by atomic mass is 14.4. The summed E-state index contributed by atoms with van der Waals surface area (Å²) >= 11 is 0. The minimum absolute atomic E-state index is 0.0956. The van der Waals surface area contributed by atoms with Crippen LogP contribution in [0.5, 0.6) is 0 Å². The Bertz CT molecular complexity index is 3440. The Kier molecular flexibility index (Phi) is 7.83. The van der Waals surface area contributed by atoms with Gasteiger partial charge in [0.1, 0.15) is 0 Å². The molecule has 1 atom stereocenters. The van der Waals surface area contributed by atoms with Crippen LogP contribution in [0, 0.1) is 0 Å². The fourth-order valence-corrected chi connectivity index (χ4v) is 11.3. The molecule has 0 aromatic heterocycles. The molecule has 0 spiro atoms. The molecule has 4 aliphatic rings. The van der Waals surface area contributed by atoms with Gasteiger partial charge in [0, 0.05) is 5.92 Å². The van der Waals surface area contributed by atoms with Gasteiger partial charge in [0.15, 0.2) is 0 Å². The highest BCUT2D eigenvalue weighted by Gasteiger charge is 2.40. The molecule has 0 heteroatoms. The highest BCUT2D eigenvalue weighted by Crippen LogP contribution is 2.63. The van der Waals surface area contributed by atoms with E-state index in [1.807, 2.05) is 13.8 Å². The smallest absolute Gasteiger partial charge is 0.0291 e. The van der Waals surface area contributed by atoms with Crippen LogP contribution in [0.3, 0.4) is 0 Å². The predicted molar refractivity (Wildman–Crippen MR) is 263 cm³/mol. The van der Waals surface area contributed by atoms with Crippen molar-refractivity contribution in [2.75, 3.05) is 0 Å². The van der Waals surface area contributed by atoms with Crippen molar-refractivity contribution in [3.05, 3.63) is 222 Å². The normalized spacial score (nSPS) is 14.1. The molecular formula is C61H42. The van der Waals surface area contributed by atoms with Crippen molar-refractivity contribution in [1.82, 2.24) is 0 Å². The second kappa shape index (κ2) is 13.5. The Hall–Kier alpha value is -7.54. The molecule has 9 aromatic carbocycles. The van der Waals surface area contributed by atoms with Crippen LogP contribution in [-0.2, 0) is 0 Å². The predicted octanol–water partition coefficient (Wildman–Crippen LogP) is 17.0. The minimum atomic E-state index is 0.0956. The lowest BCUT2D eigenvalue weighted by atomic mass is 9.73. The summed E-state index contributed by atoms with van der Waals surface area (Å²) in [5, 5.41) is 5.40. The fourth-order valence-electron chi connectivity index (χ4n) is 11.3. The summed E-state index contributed by atoms with van der Waals surface area (Å²) in [6.07, 6.45) is 11.3. The lowest BCUT2D eigenvalue weighted by molar-refractivity contribution is 1.03. The summed E-state index contributed by atoms with van der Waals surface area (Å²) < 4.78 is 0. The zero-order valence-corrected chi connectivity index (χ0v) is 34.4. The largest absolute Gasteiger partial charge is 0.0984 e. The van der Waals surface area contributed by atoms with E-state index in [1.165, 1.54) is 127 Å². The Morgan fingerprint density at radius 3 is 1.80 bits per heavy atom. The van der Waals surface area contributed by atoms with Crippen LogP contribution in [0.4, 0.5) is 0 Å². The molecule has 286 valence electrons. The Labute approximate surface area is 357 Å². The second-order valence-electron chi connectivity index (χ2n) is 16.2. The first kappa shape index (κ1) is 35.4. The minimum Gasteiger partial charge on any atom is -0.0984 e. The van der Waals surface area contributed by atoms with Crippen LogP contribution in [0.25, 0.3) is 117 Å². The van der Waals surface area contributed by atoms with Gasteiger partial charge in [-0.05, 0) is 138 Å². The van der Waals surface area contributed by atoms with Crippen molar-refractivity contribution in [1.29, 1.82) is 0 Å². The molecule has 0 amide bonds. The number of rotatable bonds is 5. The fraction of sp³-hybridized carbons (Fsp3) is 0.0492. The summed E-state index contributed by atoms with van der Waals surface area (Å²) in [6.45, 7) is 13.0. The highest BCUT2D eigenvalue weighted by molar-refractivity contribution is 6.26. The monoisotopic (exact) mass is 774 g/mol. The third-order valence-corrected chi connectivity index (χ3v) is 13.6. The quantitative estimate of drug-likeness (QED) is 0.163. The van der Waals surface area contributed by atoms with Crippen molar-refractivity contribution in [2.45, 2.75) is 19.8 Å². The summed E-state index contributed by atoms with van der Waals surface area (Å²) in [4.78, 5) is 0. The molecule has 0 saturated carbocycles. The maximum absolute atomic E-state index is 4.50. The van der Waals surface area contributed by atoms with Crippen molar-refractivity contribution < 1.29 is 0 Å². The number of fused-ring (bicyclic) bond motifs is 10. The van der Waals surface area contributed by atoms with Gasteiger partial charge < -0.3 is 0 Å². The van der Waals surface area contributed by atoms with Crippen LogP contribution < -0.4 is 0 Å². The van der Waals surface area contributed by atoms with E-state index in [4.69, 9.17) is 0 Å². The molecule has 0 radical (unpaired) electrons. The molecule has 0 bridgehead atoms. The third-order valence-electron chi connectivity index (χ3n) is 13.6. The van der Waals surface area contributed by atoms with Gasteiger partial charge >= 0.3 is 0 Å². The van der Waals surface area contributed by atoms with Crippen LogP contribution in [0.1, 0.15) is 53.1 Å². The molecule has 0 heterocycles. The average molecular weight is 775 g/mol. The summed E-state index contributed by atoms with van der Waals surface area (Å²) in [6, 6.07) is 58.5. The van der Waals surface area contributed by atoms with Gasteiger partial charge in [0.2, 0.25) is 0 Å². The van der Waals surface area contributed by atoms with E-state index in [9.17, 15) is 0 Å². The molecule has 13 rings (SSSR count). The first-order chi connectivity index (χ1) is 30.2. The van der Waals surface area contributed by atoms with Crippen molar-refractivity contribution in [3.63, 3.8) is 0 Å². The molecular weight excluding hydrogens is 733 g/mol. The summed E-state index contributed by atoms with van der Waals surface area (Å²) in [5.41, 5.74) is 26.7. The van der Waals surface area contributed by atoms with E-state index in [2.05, 4.69) is 201 Å². The lowest BCUT2D eigenvalue weighted by Gasteiger charge is -2.29. The first-order valence-corrected chi connectivity index (χ1v) is 21.6. The van der Waals surface area contributed by atoms with Crippen molar-refractivity contribution in [3.8, 4) is 77.9 Å². The Morgan fingerprint density at radius 2 is 1.02 bits per heavy atom. The summed E-state index contributed by atoms with van der Waals surface area (Å²) in [7, 11) is 0. The van der Waals surface area contributed by atoms with Gasteiger partial charge in [-0.1, -0.05) is 215 Å². The molecule has 9 aromatic rings. The van der Waals surface area contributed by atoms with Crippen molar-refractivity contribution >= 4 is 39.3 Å². The maximum atomic E-state index is 4.50. The zero-order chi connectivity index (χ0) is 40.9. The molecule has 0 fully saturated rings. The van der Waals surface area contributed by atoms with E-state index < -0.39 is 0 Å². The molecule has 4 aliphatic carbocycles. The zero-order valence-electron chi connectivity index (χ0n) is 34.4. The Balaban J connectivity index is 0.00000197. The van der Waals surface area contributed by atoms with Crippen molar-refractivity contribution in [2.24, 2.45) is 0 Å². The molecule has 61 heavy (non-hydrogen) atoms. The van der Waals surface area contributed by atoms with Crippen LogP contribution in [-0.4, -0.2) is 0 Å². The number of allylic oxidation sites excluding steroid dienone is 3. The van der Waals surface area contributed by atoms with Gasteiger partial charge in [-0.2, -0.15) is 0 Å². The third kappa shape index (κ3) is 4.71. The second-order valence-corrected chi connectivity index (χ2v) is 16.2. The molecule has 0 N–H and O–H groups in total. The SMILES string of the molecule is C=Cc1c(C=C)c(-c2ccccc2)c2c(c1-c1ccccc1-c1ccccc1)C1=CC=CC3c4c(ccc-2c41)-c1ccc2c4c(ccc3c14)-c1ccc3ccccc3c1-2.CC. The summed E-state index contributed by atoms with van der Waals surface area (Å²) in [5.74, 6) is 0.0956. The maximum Gasteiger partial charge on any atom is 0.0291 e. The van der Waals surface area contributed by atoms with E-state index >= 15 is 0 Å².